The first-order valence-corrected chi connectivity index (χ1v) is 7.42. The van der Waals surface area contributed by atoms with Gasteiger partial charge in [0.2, 0.25) is 0 Å². The van der Waals surface area contributed by atoms with E-state index in [-0.39, 0.29) is 16.8 Å². The molecule has 0 radical (unpaired) electrons. The molecule has 1 unspecified atom stereocenters. The van der Waals surface area contributed by atoms with Crippen LogP contribution in [0.3, 0.4) is 0 Å². The minimum absolute atomic E-state index is 0.0465. The van der Waals surface area contributed by atoms with Gasteiger partial charge in [-0.2, -0.15) is 0 Å². The van der Waals surface area contributed by atoms with E-state index in [0.29, 0.717) is 0 Å². The molecule has 21 heavy (non-hydrogen) atoms. The largest absolute Gasteiger partial charge is 0.330 e. The predicted molar refractivity (Wildman–Crippen MR) is 82.6 cm³/mol. The Kier molecular flexibility index (Phi) is 5.33. The lowest BCUT2D eigenvalue weighted by Gasteiger charge is -2.19. The van der Waals surface area contributed by atoms with E-state index in [1.54, 1.807) is 24.7 Å². The van der Waals surface area contributed by atoms with Crippen LogP contribution in [0.15, 0.2) is 36.9 Å². The molecule has 6 heteroatoms. The summed E-state index contributed by atoms with van der Waals surface area (Å²) in [5.74, 6) is 0. The zero-order chi connectivity index (χ0) is 15.2. The van der Waals surface area contributed by atoms with Gasteiger partial charge in [-0.25, -0.2) is 4.98 Å². The van der Waals surface area contributed by atoms with Crippen molar-refractivity contribution in [2.75, 3.05) is 0 Å². The highest BCUT2D eigenvalue weighted by Crippen LogP contribution is 2.31. The predicted octanol–water partition coefficient (Wildman–Crippen LogP) is 4.61. The minimum Gasteiger partial charge on any atom is -0.330 e. The second-order valence-corrected chi connectivity index (χ2v) is 5.40. The average Bonchev–Trinajstić information content (AvgIpc) is 2.98. The third kappa shape index (κ3) is 3.82. The van der Waals surface area contributed by atoms with Crippen molar-refractivity contribution in [1.82, 2.24) is 9.55 Å². The molecule has 2 rings (SSSR count). The first-order chi connectivity index (χ1) is 10.1. The van der Waals surface area contributed by atoms with Crippen LogP contribution in [0.5, 0.6) is 0 Å². The molecule has 0 fully saturated rings. The fourth-order valence-corrected chi connectivity index (χ4v) is 2.59. The van der Waals surface area contributed by atoms with E-state index in [1.807, 2.05) is 16.8 Å². The lowest BCUT2D eigenvalue weighted by Crippen LogP contribution is -2.09. The van der Waals surface area contributed by atoms with Gasteiger partial charge < -0.3 is 4.57 Å². The lowest BCUT2D eigenvalue weighted by atomic mass is 9.99. The van der Waals surface area contributed by atoms with E-state index >= 15 is 0 Å². The highest BCUT2D eigenvalue weighted by molar-refractivity contribution is 6.32. The van der Waals surface area contributed by atoms with Gasteiger partial charge in [0.1, 0.15) is 5.02 Å². The fourth-order valence-electron chi connectivity index (χ4n) is 2.41. The smallest absolute Gasteiger partial charge is 0.288 e. The second kappa shape index (κ2) is 7.22. The third-order valence-corrected chi connectivity index (χ3v) is 3.84. The van der Waals surface area contributed by atoms with E-state index < -0.39 is 4.92 Å². The summed E-state index contributed by atoms with van der Waals surface area (Å²) in [6.07, 6.45) is 9.61. The monoisotopic (exact) mass is 307 g/mol. The van der Waals surface area contributed by atoms with E-state index in [9.17, 15) is 10.1 Å². The summed E-state index contributed by atoms with van der Waals surface area (Å²) in [6.45, 7) is 2.15. The van der Waals surface area contributed by atoms with Crippen molar-refractivity contribution in [1.29, 1.82) is 0 Å². The topological polar surface area (TPSA) is 61.0 Å². The Labute approximate surface area is 128 Å². The first kappa shape index (κ1) is 15.5. The molecule has 1 heterocycles. The van der Waals surface area contributed by atoms with Gasteiger partial charge >= 0.3 is 0 Å². The highest BCUT2D eigenvalue weighted by Gasteiger charge is 2.19. The Morgan fingerprint density at radius 2 is 2.24 bits per heavy atom. The van der Waals surface area contributed by atoms with Crippen LogP contribution >= 0.6 is 11.6 Å². The summed E-state index contributed by atoms with van der Waals surface area (Å²) >= 11 is 5.89. The van der Waals surface area contributed by atoms with E-state index in [2.05, 4.69) is 11.9 Å². The summed E-state index contributed by atoms with van der Waals surface area (Å²) in [5.41, 5.74) is 0.843. The maximum absolute atomic E-state index is 11.0. The van der Waals surface area contributed by atoms with Crippen LogP contribution in [-0.2, 0) is 0 Å². The van der Waals surface area contributed by atoms with Crippen molar-refractivity contribution < 1.29 is 4.92 Å². The number of unbranched alkanes of at least 4 members (excludes halogenated alkanes) is 2. The van der Waals surface area contributed by atoms with Crippen molar-refractivity contribution in [2.45, 2.75) is 38.6 Å². The van der Waals surface area contributed by atoms with E-state index in [0.717, 1.165) is 31.2 Å². The third-order valence-electron chi connectivity index (χ3n) is 3.52. The molecule has 0 bridgehead atoms. The molecule has 1 aromatic carbocycles. The van der Waals surface area contributed by atoms with Crippen LogP contribution in [0.4, 0.5) is 5.69 Å². The van der Waals surface area contributed by atoms with Gasteiger partial charge in [0.15, 0.2) is 0 Å². The number of halogens is 1. The molecule has 1 aromatic heterocycles. The first-order valence-electron chi connectivity index (χ1n) is 7.04. The molecule has 0 amide bonds. The molecule has 5 nitrogen and oxygen atoms in total. The average molecular weight is 308 g/mol. The summed E-state index contributed by atoms with van der Waals surface area (Å²) in [6, 6.07) is 5.07. The molecular formula is C15H18ClN3O2. The molecule has 112 valence electrons. The zero-order valence-corrected chi connectivity index (χ0v) is 12.7. The minimum atomic E-state index is -0.442. The molecule has 0 aliphatic rings. The quantitative estimate of drug-likeness (QED) is 0.426. The van der Waals surface area contributed by atoms with Crippen molar-refractivity contribution in [3.63, 3.8) is 0 Å². The Hall–Kier alpha value is -1.88. The number of nitro benzene ring substituents is 1. The highest BCUT2D eigenvalue weighted by atomic mass is 35.5. The summed E-state index contributed by atoms with van der Waals surface area (Å²) < 4.78 is 1.99. The number of nitro groups is 1. The van der Waals surface area contributed by atoms with Crippen molar-refractivity contribution in [3.05, 3.63) is 57.6 Å². The Morgan fingerprint density at radius 3 is 2.86 bits per heavy atom. The van der Waals surface area contributed by atoms with E-state index in [1.165, 1.54) is 0 Å². The van der Waals surface area contributed by atoms with Gasteiger partial charge in [-0.1, -0.05) is 43.9 Å². The molecule has 0 N–H and O–H groups in total. The summed E-state index contributed by atoms with van der Waals surface area (Å²) in [5, 5.41) is 11.2. The van der Waals surface area contributed by atoms with Gasteiger partial charge in [-0.05, 0) is 18.1 Å². The van der Waals surface area contributed by atoms with E-state index in [4.69, 9.17) is 11.6 Å². The number of aromatic nitrogens is 2. The molecule has 0 spiro atoms. The molecule has 0 aliphatic heterocycles. The number of rotatable bonds is 7. The molecule has 0 aliphatic carbocycles. The number of hydrogen-bond acceptors (Lipinski definition) is 3. The van der Waals surface area contributed by atoms with Crippen LogP contribution in [0.2, 0.25) is 5.02 Å². The molecule has 0 saturated heterocycles. The SMILES string of the molecule is CCCCCC(c1ccc(Cl)c([N+](=O)[O-])c1)n1ccnc1. The summed E-state index contributed by atoms with van der Waals surface area (Å²) in [7, 11) is 0. The van der Waals surface area contributed by atoms with Crippen LogP contribution in [0, 0.1) is 10.1 Å². The molecule has 0 saturated carbocycles. The number of benzene rings is 1. The molecule has 2 aromatic rings. The van der Waals surface area contributed by atoms with Gasteiger partial charge in [0.05, 0.1) is 17.3 Å². The summed E-state index contributed by atoms with van der Waals surface area (Å²) in [4.78, 5) is 14.7. The Bertz CT molecular complexity index is 599. The van der Waals surface area contributed by atoms with Crippen LogP contribution in [0.25, 0.3) is 0 Å². The maximum Gasteiger partial charge on any atom is 0.288 e. The fraction of sp³-hybridized carbons (Fsp3) is 0.400. The van der Waals surface area contributed by atoms with Crippen LogP contribution in [0.1, 0.15) is 44.2 Å². The second-order valence-electron chi connectivity index (χ2n) is 4.99. The van der Waals surface area contributed by atoms with Crippen LogP contribution in [-0.4, -0.2) is 14.5 Å². The zero-order valence-electron chi connectivity index (χ0n) is 11.9. The van der Waals surface area contributed by atoms with Gasteiger partial charge in [-0.15, -0.1) is 0 Å². The number of imidazole rings is 1. The van der Waals surface area contributed by atoms with Gasteiger partial charge in [0.25, 0.3) is 5.69 Å². The Balaban J connectivity index is 2.32. The molecule has 1 atom stereocenters. The van der Waals surface area contributed by atoms with Gasteiger partial charge in [0, 0.05) is 18.5 Å². The van der Waals surface area contributed by atoms with Crippen molar-refractivity contribution >= 4 is 17.3 Å². The van der Waals surface area contributed by atoms with Crippen LogP contribution < -0.4 is 0 Å². The number of hydrogen-bond donors (Lipinski definition) is 0. The normalized spacial score (nSPS) is 12.3. The lowest BCUT2D eigenvalue weighted by molar-refractivity contribution is -0.384. The standard InChI is InChI=1S/C15H18ClN3O2/c1-2-3-4-5-14(18-9-8-17-11-18)12-6-7-13(16)15(10-12)19(20)21/h6-11,14H,2-5H2,1H3. The maximum atomic E-state index is 11.0. The van der Waals surface area contributed by atoms with Crippen molar-refractivity contribution in [2.24, 2.45) is 0 Å². The van der Waals surface area contributed by atoms with Crippen molar-refractivity contribution in [3.8, 4) is 0 Å². The Morgan fingerprint density at radius 1 is 1.43 bits per heavy atom. The van der Waals surface area contributed by atoms with Gasteiger partial charge in [-0.3, -0.25) is 10.1 Å². The number of nitrogens with zero attached hydrogens (tertiary/aromatic N) is 3. The molecular weight excluding hydrogens is 290 g/mol.